The fourth-order valence-corrected chi connectivity index (χ4v) is 4.58. The van der Waals surface area contributed by atoms with Gasteiger partial charge in [-0.25, -0.2) is 0 Å². The third kappa shape index (κ3) is 4.81. The molecule has 0 aliphatic carbocycles. The molecule has 148 valence electrons. The Labute approximate surface area is 162 Å². The van der Waals surface area contributed by atoms with Gasteiger partial charge in [-0.3, -0.25) is 9.69 Å². The highest BCUT2D eigenvalue weighted by molar-refractivity contribution is 5.77. The van der Waals surface area contributed by atoms with Crippen LogP contribution >= 0.6 is 0 Å². The Balaban J connectivity index is 1.28. The Hall–Kier alpha value is -1.63. The van der Waals surface area contributed by atoms with Crippen LogP contribution in [0.2, 0.25) is 0 Å². The van der Waals surface area contributed by atoms with Crippen LogP contribution in [0, 0.1) is 5.92 Å². The van der Waals surface area contributed by atoms with E-state index in [1.54, 1.807) is 0 Å². The maximum atomic E-state index is 12.2. The van der Waals surface area contributed by atoms with E-state index in [0.29, 0.717) is 32.3 Å². The van der Waals surface area contributed by atoms with Crippen molar-refractivity contribution in [3.05, 3.63) is 29.8 Å². The number of rotatable bonds is 5. The summed E-state index contributed by atoms with van der Waals surface area (Å²) in [5.41, 5.74) is 1.32. The summed E-state index contributed by atoms with van der Waals surface area (Å²) < 4.78 is 11.0. The second kappa shape index (κ2) is 8.59. The van der Waals surface area contributed by atoms with Crippen molar-refractivity contribution >= 4 is 5.91 Å². The average molecular weight is 373 g/mol. The number of carbonyl (C=O) groups is 1. The summed E-state index contributed by atoms with van der Waals surface area (Å²) in [7, 11) is 2.25. The number of hydrogen-bond acceptors (Lipinski definition) is 5. The predicted molar refractivity (Wildman–Crippen MR) is 104 cm³/mol. The first-order chi connectivity index (χ1) is 13.2. The molecule has 0 spiro atoms. The molecule has 2 bridgehead atoms. The lowest BCUT2D eigenvalue weighted by molar-refractivity contribution is -0.137. The molecule has 0 radical (unpaired) electrons. The molecule has 0 saturated carbocycles. The molecule has 2 atom stereocenters. The van der Waals surface area contributed by atoms with E-state index in [-0.39, 0.29) is 12.5 Å². The first kappa shape index (κ1) is 18.7. The van der Waals surface area contributed by atoms with Crippen molar-refractivity contribution < 1.29 is 14.3 Å². The van der Waals surface area contributed by atoms with Gasteiger partial charge >= 0.3 is 0 Å². The number of amides is 1. The van der Waals surface area contributed by atoms with E-state index < -0.39 is 0 Å². The number of nitrogens with zero attached hydrogens (tertiary/aromatic N) is 3. The van der Waals surface area contributed by atoms with Gasteiger partial charge in [-0.2, -0.15) is 0 Å². The predicted octanol–water partition coefficient (Wildman–Crippen LogP) is 1.45. The minimum atomic E-state index is 0.0343. The summed E-state index contributed by atoms with van der Waals surface area (Å²) in [5, 5.41) is 0. The summed E-state index contributed by atoms with van der Waals surface area (Å²) in [6.45, 7) is 7.29. The molecule has 6 nitrogen and oxygen atoms in total. The molecular weight excluding hydrogens is 342 g/mol. The summed E-state index contributed by atoms with van der Waals surface area (Å²) in [5.74, 6) is 1.60. The molecule has 27 heavy (non-hydrogen) atoms. The zero-order valence-corrected chi connectivity index (χ0v) is 16.3. The number of morpholine rings is 1. The normalized spacial score (nSPS) is 26.8. The summed E-state index contributed by atoms with van der Waals surface area (Å²) in [4.78, 5) is 19.1. The smallest absolute Gasteiger partial charge is 0.260 e. The molecule has 4 heterocycles. The fourth-order valence-electron chi connectivity index (χ4n) is 4.58. The highest BCUT2D eigenvalue weighted by Crippen LogP contribution is 2.28. The second-order valence-corrected chi connectivity index (χ2v) is 8.17. The molecule has 4 aliphatic rings. The van der Waals surface area contributed by atoms with Crippen LogP contribution in [0.3, 0.4) is 0 Å². The number of likely N-dealkylation sites (N-methyl/N-ethyl adjacent to an activating group) is 1. The van der Waals surface area contributed by atoms with Gasteiger partial charge in [0.25, 0.3) is 5.91 Å². The van der Waals surface area contributed by atoms with E-state index in [9.17, 15) is 4.79 Å². The number of piperidine rings is 1. The van der Waals surface area contributed by atoms with Gasteiger partial charge in [0.1, 0.15) is 5.75 Å². The zero-order valence-electron chi connectivity index (χ0n) is 16.3. The Kier molecular flexibility index (Phi) is 5.95. The van der Waals surface area contributed by atoms with Crippen LogP contribution in [0.25, 0.3) is 0 Å². The van der Waals surface area contributed by atoms with Crippen molar-refractivity contribution in [1.29, 1.82) is 0 Å². The Morgan fingerprint density at radius 3 is 2.67 bits per heavy atom. The van der Waals surface area contributed by atoms with Crippen molar-refractivity contribution in [1.82, 2.24) is 14.7 Å². The number of benzene rings is 1. The molecule has 6 heteroatoms. The molecule has 0 aromatic heterocycles. The first-order valence-electron chi connectivity index (χ1n) is 10.2. The summed E-state index contributed by atoms with van der Waals surface area (Å²) in [6.07, 6.45) is 2.69. The van der Waals surface area contributed by atoms with E-state index >= 15 is 0 Å². The first-order valence-corrected chi connectivity index (χ1v) is 10.2. The molecule has 4 aliphatic heterocycles. The van der Waals surface area contributed by atoms with E-state index in [1.165, 1.54) is 38.0 Å². The largest absolute Gasteiger partial charge is 0.484 e. The quantitative estimate of drug-likeness (QED) is 0.782. The van der Waals surface area contributed by atoms with Crippen LogP contribution in [0.4, 0.5) is 0 Å². The standard InChI is InChI=1S/C21H31N3O3/c1-22-12-18-2-5-19(15-22)24(14-18)13-17-3-6-20(7-4-17)27-16-21(25)23-8-10-26-11-9-23/h3-4,6-7,18-19H,2,5,8-16H2,1H3/t18-,19+/m1/s1. The van der Waals surface area contributed by atoms with E-state index in [0.717, 1.165) is 18.2 Å². The lowest BCUT2D eigenvalue weighted by atomic mass is 9.94. The van der Waals surface area contributed by atoms with Crippen molar-refractivity contribution in [2.45, 2.75) is 25.4 Å². The topological polar surface area (TPSA) is 45.2 Å². The van der Waals surface area contributed by atoms with Gasteiger partial charge in [0.2, 0.25) is 0 Å². The van der Waals surface area contributed by atoms with Gasteiger partial charge < -0.3 is 19.3 Å². The molecule has 5 rings (SSSR count). The zero-order chi connectivity index (χ0) is 18.6. The maximum Gasteiger partial charge on any atom is 0.260 e. The highest BCUT2D eigenvalue weighted by atomic mass is 16.5. The van der Waals surface area contributed by atoms with Crippen LogP contribution in [0.15, 0.2) is 24.3 Å². The van der Waals surface area contributed by atoms with Gasteiger partial charge in [0, 0.05) is 45.3 Å². The van der Waals surface area contributed by atoms with Gasteiger partial charge in [0.05, 0.1) is 13.2 Å². The van der Waals surface area contributed by atoms with Crippen LogP contribution in [0.5, 0.6) is 5.75 Å². The monoisotopic (exact) mass is 373 g/mol. The molecule has 4 fully saturated rings. The van der Waals surface area contributed by atoms with E-state index in [2.05, 4.69) is 29.0 Å². The SMILES string of the molecule is CN1C[C@H]2CC[C@@H](C1)N(Cc1ccc(OCC(=O)N3CCOCC3)cc1)C2. The van der Waals surface area contributed by atoms with Crippen molar-refractivity contribution in [3.63, 3.8) is 0 Å². The molecule has 1 aromatic carbocycles. The lowest BCUT2D eigenvalue weighted by Gasteiger charge is -2.36. The minimum absolute atomic E-state index is 0.0343. The van der Waals surface area contributed by atoms with Crippen LogP contribution in [-0.4, -0.2) is 86.2 Å². The summed E-state index contributed by atoms with van der Waals surface area (Å²) >= 11 is 0. The van der Waals surface area contributed by atoms with Crippen molar-refractivity contribution in [2.24, 2.45) is 5.92 Å². The Morgan fingerprint density at radius 2 is 1.89 bits per heavy atom. The molecule has 1 amide bonds. The fraction of sp³-hybridized carbons (Fsp3) is 0.667. The Bertz CT molecular complexity index is 630. The Morgan fingerprint density at radius 1 is 1.11 bits per heavy atom. The van der Waals surface area contributed by atoms with Gasteiger partial charge in [-0.15, -0.1) is 0 Å². The lowest BCUT2D eigenvalue weighted by Crippen LogP contribution is -2.43. The van der Waals surface area contributed by atoms with Gasteiger partial charge in [-0.1, -0.05) is 12.1 Å². The van der Waals surface area contributed by atoms with Crippen LogP contribution < -0.4 is 4.74 Å². The summed E-state index contributed by atoms with van der Waals surface area (Å²) in [6, 6.07) is 8.93. The number of carbonyl (C=O) groups excluding carboxylic acids is 1. The maximum absolute atomic E-state index is 12.2. The number of fused-ring (bicyclic) bond motifs is 4. The van der Waals surface area contributed by atoms with Crippen LogP contribution in [0.1, 0.15) is 18.4 Å². The molecule has 4 saturated heterocycles. The van der Waals surface area contributed by atoms with Crippen molar-refractivity contribution in [2.75, 3.05) is 59.6 Å². The van der Waals surface area contributed by atoms with Crippen molar-refractivity contribution in [3.8, 4) is 5.75 Å². The van der Waals surface area contributed by atoms with Crippen LogP contribution in [-0.2, 0) is 16.1 Å². The third-order valence-electron chi connectivity index (χ3n) is 6.04. The second-order valence-electron chi connectivity index (χ2n) is 8.17. The highest BCUT2D eigenvalue weighted by Gasteiger charge is 2.33. The molecular formula is C21H31N3O3. The number of ether oxygens (including phenoxy) is 2. The van der Waals surface area contributed by atoms with E-state index in [1.807, 2.05) is 17.0 Å². The average Bonchev–Trinajstić information content (AvgIpc) is 2.97. The number of hydrogen-bond donors (Lipinski definition) is 0. The van der Waals surface area contributed by atoms with Gasteiger partial charge in [0.15, 0.2) is 6.61 Å². The molecule has 1 aromatic rings. The molecule has 0 unspecified atom stereocenters. The van der Waals surface area contributed by atoms with Gasteiger partial charge in [-0.05, 0) is 43.5 Å². The van der Waals surface area contributed by atoms with E-state index in [4.69, 9.17) is 9.47 Å². The minimum Gasteiger partial charge on any atom is -0.484 e. The third-order valence-corrected chi connectivity index (χ3v) is 6.04. The molecule has 0 N–H and O–H groups in total.